The van der Waals surface area contributed by atoms with Crippen LogP contribution in [0, 0.1) is 11.8 Å². The highest BCUT2D eigenvalue weighted by atomic mass is 19.4. The van der Waals surface area contributed by atoms with Crippen molar-refractivity contribution in [3.8, 4) is 5.75 Å². The van der Waals surface area contributed by atoms with Gasteiger partial charge in [-0.05, 0) is 98.9 Å². The number of nitrogens with zero attached hydrogens (tertiary/aromatic N) is 2. The van der Waals surface area contributed by atoms with Crippen molar-refractivity contribution >= 4 is 23.8 Å². The molecule has 2 aromatic rings. The second-order valence-electron chi connectivity index (χ2n) is 12.1. The number of benzene rings is 2. The number of carbonyl (C=O) groups excluding carboxylic acids is 2. The van der Waals surface area contributed by atoms with E-state index in [1.807, 2.05) is 0 Å². The van der Waals surface area contributed by atoms with Gasteiger partial charge in [0.2, 0.25) is 0 Å². The van der Waals surface area contributed by atoms with Crippen molar-refractivity contribution in [1.29, 1.82) is 0 Å². The number of amides is 2. The molecule has 1 aliphatic heterocycles. The van der Waals surface area contributed by atoms with Crippen LogP contribution in [0.4, 0.5) is 54.8 Å². The van der Waals surface area contributed by atoms with Crippen molar-refractivity contribution in [1.82, 2.24) is 4.90 Å². The quantitative estimate of drug-likeness (QED) is 0.244. The molecule has 0 spiro atoms. The molecule has 1 saturated carbocycles. The van der Waals surface area contributed by atoms with Gasteiger partial charge in [0.1, 0.15) is 11.9 Å². The second-order valence-corrected chi connectivity index (χ2v) is 12.1. The number of halogens is 9. The molecule has 0 unspecified atom stereocenters. The third-order valence-electron chi connectivity index (χ3n) is 8.61. The maximum atomic E-state index is 13.6. The minimum atomic E-state index is -5.18. The van der Waals surface area contributed by atoms with E-state index in [2.05, 4.69) is 4.74 Å². The molecule has 0 bridgehead atoms. The number of hydrogen-bond acceptors (Lipinski definition) is 6. The zero-order valence-corrected chi connectivity index (χ0v) is 26.6. The molecule has 2 atom stereocenters. The fraction of sp³-hybridized carbons (Fsp3) is 0.531. The van der Waals surface area contributed by atoms with Crippen LogP contribution in [0.2, 0.25) is 0 Å². The Kier molecular flexibility index (Phi) is 11.4. The van der Waals surface area contributed by atoms with Crippen molar-refractivity contribution in [2.45, 2.75) is 83.4 Å². The molecule has 1 saturated heterocycles. The predicted molar refractivity (Wildman–Crippen MR) is 156 cm³/mol. The lowest BCUT2D eigenvalue weighted by molar-refractivity contribution is -0.274. The van der Waals surface area contributed by atoms with Gasteiger partial charge in [-0.3, -0.25) is 14.6 Å². The van der Waals surface area contributed by atoms with E-state index in [1.165, 1.54) is 13.8 Å². The van der Waals surface area contributed by atoms with Gasteiger partial charge in [-0.1, -0.05) is 0 Å². The van der Waals surface area contributed by atoms with Crippen LogP contribution < -0.4 is 9.64 Å². The van der Waals surface area contributed by atoms with Gasteiger partial charge in [-0.2, -0.15) is 26.3 Å². The summed E-state index contributed by atoms with van der Waals surface area (Å²) in [4.78, 5) is 39.5. The SMILES string of the molecule is CCOC(=O)N(CC1CCC(CC(=O)O)CC1)c1ccc(OC(F)(F)F)cc1CN1C(=O)O[C@H](c2cc(C(F)(F)F)cc(C(F)(F)F)c2)[C@@H]1C. The van der Waals surface area contributed by atoms with Crippen LogP contribution in [0.5, 0.6) is 5.75 Å². The molecule has 1 N–H and O–H groups in total. The van der Waals surface area contributed by atoms with E-state index in [9.17, 15) is 53.9 Å². The minimum absolute atomic E-state index is 0.00181. The summed E-state index contributed by atoms with van der Waals surface area (Å²) >= 11 is 0. The average Bonchev–Trinajstić information content (AvgIpc) is 3.27. The molecule has 50 heavy (non-hydrogen) atoms. The Labute approximate surface area is 279 Å². The molecule has 2 aromatic carbocycles. The molecule has 1 heterocycles. The Hall–Kier alpha value is -4.38. The third kappa shape index (κ3) is 9.65. The summed E-state index contributed by atoms with van der Waals surface area (Å²) in [6.07, 6.45) is -17.1. The van der Waals surface area contributed by atoms with Gasteiger partial charge in [0.25, 0.3) is 0 Å². The van der Waals surface area contributed by atoms with E-state index in [0.717, 1.165) is 28.0 Å². The Balaban J connectivity index is 1.70. The molecule has 4 rings (SSSR count). The van der Waals surface area contributed by atoms with Gasteiger partial charge in [0, 0.05) is 13.0 Å². The van der Waals surface area contributed by atoms with Crippen LogP contribution in [0.1, 0.15) is 74.3 Å². The number of hydrogen-bond donors (Lipinski definition) is 1. The topological polar surface area (TPSA) is 106 Å². The van der Waals surface area contributed by atoms with Crippen LogP contribution >= 0.6 is 0 Å². The summed E-state index contributed by atoms with van der Waals surface area (Å²) < 4.78 is 135. The fourth-order valence-corrected chi connectivity index (χ4v) is 6.23. The number of aliphatic carboxylic acids is 1. The van der Waals surface area contributed by atoms with Gasteiger partial charge in [-0.25, -0.2) is 9.59 Å². The number of rotatable bonds is 10. The monoisotopic (exact) mass is 728 g/mol. The molecule has 0 radical (unpaired) electrons. The molecule has 0 aromatic heterocycles. The van der Waals surface area contributed by atoms with Gasteiger partial charge >= 0.3 is 36.9 Å². The van der Waals surface area contributed by atoms with Crippen molar-refractivity contribution < 1.29 is 73.2 Å². The Morgan fingerprint density at radius 2 is 1.50 bits per heavy atom. The summed E-state index contributed by atoms with van der Waals surface area (Å²) in [5.41, 5.74) is -4.00. The molecule has 18 heteroatoms. The van der Waals surface area contributed by atoms with Crippen LogP contribution in [0.15, 0.2) is 36.4 Å². The van der Waals surface area contributed by atoms with Crippen molar-refractivity contribution in [3.05, 3.63) is 58.7 Å². The van der Waals surface area contributed by atoms with Gasteiger partial charge in [-0.15, -0.1) is 13.2 Å². The largest absolute Gasteiger partial charge is 0.573 e. The first-order chi connectivity index (χ1) is 23.2. The zero-order valence-electron chi connectivity index (χ0n) is 26.6. The molecule has 1 aliphatic carbocycles. The number of carboxylic acid groups (broad SMARTS) is 1. The van der Waals surface area contributed by atoms with Crippen LogP contribution in [0.3, 0.4) is 0 Å². The fourth-order valence-electron chi connectivity index (χ4n) is 6.23. The van der Waals surface area contributed by atoms with E-state index in [1.54, 1.807) is 0 Å². The summed E-state index contributed by atoms with van der Waals surface area (Å²) in [7, 11) is 0. The summed E-state index contributed by atoms with van der Waals surface area (Å²) in [6, 6.07) is 2.48. The molecular formula is C32H33F9N2O7. The lowest BCUT2D eigenvalue weighted by atomic mass is 9.80. The van der Waals surface area contributed by atoms with E-state index in [4.69, 9.17) is 14.6 Å². The third-order valence-corrected chi connectivity index (χ3v) is 8.61. The summed E-state index contributed by atoms with van der Waals surface area (Å²) in [6.45, 7) is 2.11. The first-order valence-electron chi connectivity index (χ1n) is 15.5. The molecule has 9 nitrogen and oxygen atoms in total. The normalized spacial score (nSPS) is 21.5. The highest BCUT2D eigenvalue weighted by Gasteiger charge is 2.44. The first-order valence-corrected chi connectivity index (χ1v) is 15.5. The Morgan fingerprint density at radius 3 is 2.02 bits per heavy atom. The first kappa shape index (κ1) is 38.4. The highest BCUT2D eigenvalue weighted by molar-refractivity contribution is 5.89. The number of anilines is 1. The maximum absolute atomic E-state index is 13.6. The number of carboxylic acids is 1. The van der Waals surface area contributed by atoms with Gasteiger partial charge < -0.3 is 19.3 Å². The Morgan fingerprint density at radius 1 is 0.920 bits per heavy atom. The number of ether oxygens (including phenoxy) is 3. The number of cyclic esters (lactones) is 1. The van der Waals surface area contributed by atoms with Crippen molar-refractivity contribution in [2.24, 2.45) is 11.8 Å². The lowest BCUT2D eigenvalue weighted by Crippen LogP contribution is -2.39. The van der Waals surface area contributed by atoms with Gasteiger partial charge in [0.05, 0.1) is 36.0 Å². The van der Waals surface area contributed by atoms with Crippen LogP contribution in [0.25, 0.3) is 0 Å². The van der Waals surface area contributed by atoms with Crippen molar-refractivity contribution in [2.75, 3.05) is 18.1 Å². The molecular weight excluding hydrogens is 695 g/mol. The standard InChI is InChI=1S/C32H33F9N2O7/c1-3-48-28(46)43(15-19-6-4-18(5-7-19)10-26(44)45)25-9-8-24(50-32(39,40)41)13-21(25)16-42-17(2)27(49-29(42)47)20-11-22(30(33,34)35)14-23(12-20)31(36,37)38/h8-9,11-14,17-19,27H,3-7,10,15-16H2,1-2H3,(H,44,45)/t17-,18?,19?,27-/m0/s1. The molecule has 2 fully saturated rings. The van der Waals surface area contributed by atoms with Crippen molar-refractivity contribution in [3.63, 3.8) is 0 Å². The lowest BCUT2D eigenvalue weighted by Gasteiger charge is -2.33. The predicted octanol–water partition coefficient (Wildman–Crippen LogP) is 8.95. The minimum Gasteiger partial charge on any atom is -0.481 e. The maximum Gasteiger partial charge on any atom is 0.573 e. The van der Waals surface area contributed by atoms with E-state index >= 15 is 0 Å². The van der Waals surface area contributed by atoms with Gasteiger partial charge in [0.15, 0.2) is 0 Å². The second kappa shape index (κ2) is 14.8. The zero-order chi connectivity index (χ0) is 37.2. The van der Waals surface area contributed by atoms with Crippen LogP contribution in [-0.4, -0.2) is 53.7 Å². The molecule has 2 aliphatic rings. The summed E-state index contributed by atoms with van der Waals surface area (Å²) in [5, 5.41) is 9.13. The summed E-state index contributed by atoms with van der Waals surface area (Å²) in [5.74, 6) is -1.93. The number of carbonyl (C=O) groups is 3. The molecule has 2 amide bonds. The smallest absolute Gasteiger partial charge is 0.481 e. The van der Waals surface area contributed by atoms with E-state index < -0.39 is 78.0 Å². The Bertz CT molecular complexity index is 1520. The van der Waals surface area contributed by atoms with Crippen LogP contribution in [-0.2, 0) is 33.2 Å². The average molecular weight is 729 g/mol. The molecule has 276 valence electrons. The van der Waals surface area contributed by atoms with E-state index in [-0.39, 0.29) is 48.7 Å². The van der Waals surface area contributed by atoms with E-state index in [0.29, 0.717) is 37.8 Å². The number of alkyl halides is 9. The highest BCUT2D eigenvalue weighted by Crippen LogP contribution is 2.42.